The molecule has 1 N–H and O–H groups in total. The first-order valence-corrected chi connectivity index (χ1v) is 10.7. The van der Waals surface area contributed by atoms with Crippen LogP contribution in [0.4, 0.5) is 0 Å². The van der Waals surface area contributed by atoms with E-state index in [1.807, 2.05) is 43.0 Å². The molecule has 0 spiro atoms. The molecule has 3 aromatic rings. The number of ether oxygens (including phenoxy) is 1. The van der Waals surface area contributed by atoms with E-state index < -0.39 is 0 Å². The molecule has 2 aromatic heterocycles. The number of nitrogens with one attached hydrogen (secondary N) is 1. The summed E-state index contributed by atoms with van der Waals surface area (Å²) in [6.07, 6.45) is 1.54. The molecule has 1 amide bonds. The Morgan fingerprint density at radius 2 is 1.97 bits per heavy atom. The minimum Gasteiger partial charge on any atom is -0.488 e. The lowest BCUT2D eigenvalue weighted by molar-refractivity contribution is 0.0701. The van der Waals surface area contributed by atoms with Crippen molar-refractivity contribution >= 4 is 5.91 Å². The number of nitrogens with zero attached hydrogens (tertiary/aromatic N) is 5. The molecule has 31 heavy (non-hydrogen) atoms. The van der Waals surface area contributed by atoms with Crippen LogP contribution >= 0.6 is 0 Å². The van der Waals surface area contributed by atoms with Gasteiger partial charge in [-0.3, -0.25) is 14.5 Å². The van der Waals surface area contributed by atoms with E-state index in [0.29, 0.717) is 25.4 Å². The van der Waals surface area contributed by atoms with Crippen molar-refractivity contribution in [3.8, 4) is 17.0 Å². The number of aromatic amines is 1. The predicted molar refractivity (Wildman–Crippen MR) is 114 cm³/mol. The molecule has 2 aliphatic rings. The number of carbonyl (C=O) groups excluding carboxylic acids is 1. The van der Waals surface area contributed by atoms with Crippen molar-refractivity contribution in [1.82, 2.24) is 29.4 Å². The third kappa shape index (κ3) is 3.15. The van der Waals surface area contributed by atoms with Gasteiger partial charge in [-0.1, -0.05) is 12.1 Å². The van der Waals surface area contributed by atoms with E-state index in [1.54, 1.807) is 11.6 Å². The van der Waals surface area contributed by atoms with Crippen LogP contribution in [0.2, 0.25) is 0 Å². The van der Waals surface area contributed by atoms with Gasteiger partial charge in [0.15, 0.2) is 0 Å². The van der Waals surface area contributed by atoms with Crippen molar-refractivity contribution in [2.45, 2.75) is 45.3 Å². The number of hydrogen-bond donors (Lipinski definition) is 1. The normalized spacial score (nSPS) is 16.2. The standard InChI is InChI=1S/C22H26N6O3/c1-13(2)28-20(25-26(3)22(28)30)14-8-10-27(11-9-14)21(29)19-16-12-31-17-7-5-4-6-15(17)18(16)23-24-19/h4-7,13-14H,8-12H2,1-3H3,(H,23,24). The molecule has 0 atom stereocenters. The minimum absolute atomic E-state index is 0.0512. The molecule has 0 saturated carbocycles. The Balaban J connectivity index is 1.34. The number of amides is 1. The Kier molecular flexibility index (Phi) is 4.68. The van der Waals surface area contributed by atoms with Crippen molar-refractivity contribution in [2.24, 2.45) is 7.05 Å². The number of rotatable bonds is 3. The highest BCUT2D eigenvalue weighted by Crippen LogP contribution is 2.37. The number of aryl methyl sites for hydroxylation is 1. The molecule has 1 fully saturated rings. The largest absolute Gasteiger partial charge is 0.488 e. The number of hydrogen-bond acceptors (Lipinski definition) is 5. The molecule has 0 unspecified atom stereocenters. The molecule has 0 aliphatic carbocycles. The summed E-state index contributed by atoms with van der Waals surface area (Å²) >= 11 is 0. The maximum Gasteiger partial charge on any atom is 0.345 e. The minimum atomic E-state index is -0.0899. The van der Waals surface area contributed by atoms with Gasteiger partial charge in [0.2, 0.25) is 0 Å². The lowest BCUT2D eigenvalue weighted by atomic mass is 9.95. The second kappa shape index (κ2) is 7.40. The first kappa shape index (κ1) is 19.6. The van der Waals surface area contributed by atoms with Gasteiger partial charge >= 0.3 is 5.69 Å². The fourth-order valence-corrected chi connectivity index (χ4v) is 4.60. The summed E-state index contributed by atoms with van der Waals surface area (Å²) in [7, 11) is 1.69. The number of piperidine rings is 1. The molecule has 0 bridgehead atoms. The molecule has 4 heterocycles. The van der Waals surface area contributed by atoms with Crippen LogP contribution in [0.15, 0.2) is 29.1 Å². The van der Waals surface area contributed by atoms with Crippen LogP contribution in [0, 0.1) is 0 Å². The number of benzene rings is 1. The number of aromatic nitrogens is 5. The fraction of sp³-hybridized carbons (Fsp3) is 0.455. The molecule has 9 heteroatoms. The van der Waals surface area contributed by atoms with Crippen LogP contribution in [-0.2, 0) is 13.7 Å². The Hall–Kier alpha value is -3.36. The molecule has 1 aromatic carbocycles. The maximum atomic E-state index is 13.2. The highest BCUT2D eigenvalue weighted by atomic mass is 16.5. The first-order valence-electron chi connectivity index (χ1n) is 10.7. The topological polar surface area (TPSA) is 98.0 Å². The summed E-state index contributed by atoms with van der Waals surface area (Å²) in [5.41, 5.74) is 2.91. The predicted octanol–water partition coefficient (Wildman–Crippen LogP) is 2.47. The maximum absolute atomic E-state index is 13.2. The molecular weight excluding hydrogens is 396 g/mol. The molecular formula is C22H26N6O3. The van der Waals surface area contributed by atoms with E-state index >= 15 is 0 Å². The second-order valence-corrected chi connectivity index (χ2v) is 8.51. The van der Waals surface area contributed by atoms with Gasteiger partial charge < -0.3 is 9.64 Å². The zero-order valence-electron chi connectivity index (χ0n) is 18.0. The molecule has 1 saturated heterocycles. The first-order chi connectivity index (χ1) is 15.0. The lowest BCUT2D eigenvalue weighted by Gasteiger charge is -2.32. The highest BCUT2D eigenvalue weighted by Gasteiger charge is 2.32. The van der Waals surface area contributed by atoms with Crippen molar-refractivity contribution in [1.29, 1.82) is 0 Å². The third-order valence-electron chi connectivity index (χ3n) is 6.24. The zero-order valence-corrected chi connectivity index (χ0v) is 18.0. The molecule has 162 valence electrons. The van der Waals surface area contributed by atoms with Gasteiger partial charge in [-0.25, -0.2) is 9.48 Å². The van der Waals surface area contributed by atoms with E-state index in [-0.39, 0.29) is 23.6 Å². The highest BCUT2D eigenvalue weighted by molar-refractivity contribution is 5.96. The van der Waals surface area contributed by atoms with Crippen molar-refractivity contribution < 1.29 is 9.53 Å². The van der Waals surface area contributed by atoms with Crippen molar-refractivity contribution in [3.05, 3.63) is 51.8 Å². The van der Waals surface area contributed by atoms with E-state index in [4.69, 9.17) is 4.74 Å². The van der Waals surface area contributed by atoms with E-state index in [9.17, 15) is 9.59 Å². The number of fused-ring (bicyclic) bond motifs is 3. The SMILES string of the molecule is CC(C)n1c(C2CCN(C(=O)c3[nH]nc4c3COc3ccccc3-4)CC2)nn(C)c1=O. The van der Waals surface area contributed by atoms with Crippen LogP contribution < -0.4 is 10.4 Å². The third-order valence-corrected chi connectivity index (χ3v) is 6.24. The van der Waals surface area contributed by atoms with E-state index in [1.165, 1.54) is 4.68 Å². The Bertz CT molecular complexity index is 1200. The van der Waals surface area contributed by atoms with Gasteiger partial charge in [0.05, 0.1) is 0 Å². The van der Waals surface area contributed by atoms with Crippen molar-refractivity contribution in [3.63, 3.8) is 0 Å². The summed E-state index contributed by atoms with van der Waals surface area (Å²) in [6, 6.07) is 7.78. The molecule has 0 radical (unpaired) electrons. The molecule has 5 rings (SSSR count). The fourth-order valence-electron chi connectivity index (χ4n) is 4.60. The van der Waals surface area contributed by atoms with Gasteiger partial charge in [-0.15, -0.1) is 0 Å². The van der Waals surface area contributed by atoms with Crippen molar-refractivity contribution in [2.75, 3.05) is 13.1 Å². The number of para-hydroxylation sites is 1. The average Bonchev–Trinajstić information content (AvgIpc) is 3.35. The van der Waals surface area contributed by atoms with Crippen LogP contribution in [0.3, 0.4) is 0 Å². The molecule has 9 nitrogen and oxygen atoms in total. The van der Waals surface area contributed by atoms with E-state index in [2.05, 4.69) is 15.3 Å². The van der Waals surface area contributed by atoms with Crippen LogP contribution in [0.5, 0.6) is 5.75 Å². The summed E-state index contributed by atoms with van der Waals surface area (Å²) in [5, 5.41) is 11.9. The smallest absolute Gasteiger partial charge is 0.345 e. The van der Waals surface area contributed by atoms with Crippen LogP contribution in [0.25, 0.3) is 11.3 Å². The van der Waals surface area contributed by atoms with Crippen LogP contribution in [0.1, 0.15) is 60.5 Å². The van der Waals surface area contributed by atoms with Gasteiger partial charge in [0.1, 0.15) is 29.6 Å². The van der Waals surface area contributed by atoms with Gasteiger partial charge in [-0.2, -0.15) is 10.2 Å². The lowest BCUT2D eigenvalue weighted by Crippen LogP contribution is -2.39. The summed E-state index contributed by atoms with van der Waals surface area (Å²) in [5.74, 6) is 1.70. The number of H-pyrrole nitrogens is 1. The van der Waals surface area contributed by atoms with E-state index in [0.717, 1.165) is 41.2 Å². The average molecular weight is 422 g/mol. The summed E-state index contributed by atoms with van der Waals surface area (Å²) < 4.78 is 9.01. The van der Waals surface area contributed by atoms with Gasteiger partial charge in [0.25, 0.3) is 5.91 Å². The summed E-state index contributed by atoms with van der Waals surface area (Å²) in [4.78, 5) is 27.5. The monoisotopic (exact) mass is 422 g/mol. The Morgan fingerprint density at radius 3 is 2.71 bits per heavy atom. The zero-order chi connectivity index (χ0) is 21.7. The Labute approximate surface area is 179 Å². The van der Waals surface area contributed by atoms with Gasteiger partial charge in [-0.05, 0) is 38.8 Å². The van der Waals surface area contributed by atoms with Gasteiger partial charge in [0, 0.05) is 43.2 Å². The molecule has 2 aliphatic heterocycles. The Morgan fingerprint density at radius 1 is 1.23 bits per heavy atom. The van der Waals surface area contributed by atoms with Crippen LogP contribution in [-0.4, -0.2) is 48.4 Å². The quantitative estimate of drug-likeness (QED) is 0.699. The number of likely N-dealkylation sites (tertiary alicyclic amines) is 1. The second-order valence-electron chi connectivity index (χ2n) is 8.51. The number of carbonyl (C=O) groups is 1. The summed E-state index contributed by atoms with van der Waals surface area (Å²) in [6.45, 7) is 5.53.